The molecule has 59 valence electrons. The molecule has 1 fully saturated rings. The molecule has 0 spiro atoms. The fraction of sp³-hybridized carbons (Fsp3) is 0.500. The Balaban J connectivity index is 2.44. The van der Waals surface area contributed by atoms with E-state index in [4.69, 9.17) is 14.7 Å². The SMILES string of the molecule is C=CC(C#N)[C]1COCCO1. The minimum absolute atomic E-state index is 0.324. The second-order valence-electron chi connectivity index (χ2n) is 2.21. The Morgan fingerprint density at radius 2 is 2.45 bits per heavy atom. The van der Waals surface area contributed by atoms with Gasteiger partial charge in [-0.3, -0.25) is 0 Å². The molecule has 1 rings (SSSR count). The number of nitrogens with zero attached hydrogens (tertiary/aromatic N) is 1. The van der Waals surface area contributed by atoms with Crippen LogP contribution in [-0.2, 0) is 9.47 Å². The molecule has 1 radical (unpaired) electrons. The molecule has 1 aliphatic rings. The largest absolute Gasteiger partial charge is 0.376 e. The Labute approximate surface area is 66.2 Å². The highest BCUT2D eigenvalue weighted by atomic mass is 16.6. The van der Waals surface area contributed by atoms with Crippen molar-refractivity contribution in [2.45, 2.75) is 0 Å². The van der Waals surface area contributed by atoms with E-state index >= 15 is 0 Å². The Kier molecular flexibility index (Phi) is 3.09. The highest BCUT2D eigenvalue weighted by Gasteiger charge is 2.23. The van der Waals surface area contributed by atoms with Gasteiger partial charge in [-0.2, -0.15) is 5.26 Å². The van der Waals surface area contributed by atoms with Crippen LogP contribution in [0.3, 0.4) is 0 Å². The summed E-state index contributed by atoms with van der Waals surface area (Å²) in [4.78, 5) is 0. The van der Waals surface area contributed by atoms with E-state index in [0.29, 0.717) is 25.9 Å². The molecule has 0 aliphatic carbocycles. The molecular weight excluding hydrogens is 142 g/mol. The lowest BCUT2D eigenvalue weighted by molar-refractivity contribution is -0.0366. The van der Waals surface area contributed by atoms with Crippen molar-refractivity contribution in [3.63, 3.8) is 0 Å². The van der Waals surface area contributed by atoms with E-state index in [2.05, 4.69) is 12.6 Å². The first-order valence-electron chi connectivity index (χ1n) is 3.47. The van der Waals surface area contributed by atoms with Crippen molar-refractivity contribution < 1.29 is 9.47 Å². The van der Waals surface area contributed by atoms with Crippen molar-refractivity contribution in [1.29, 1.82) is 5.26 Å². The molecule has 0 aromatic rings. The van der Waals surface area contributed by atoms with E-state index in [0.717, 1.165) is 0 Å². The van der Waals surface area contributed by atoms with Crippen molar-refractivity contribution >= 4 is 0 Å². The molecule has 0 saturated carbocycles. The third-order valence-electron chi connectivity index (χ3n) is 1.48. The molecule has 1 saturated heterocycles. The molecule has 3 heteroatoms. The molecule has 0 N–H and O–H groups in total. The first-order chi connectivity index (χ1) is 5.38. The predicted octanol–water partition coefficient (Wildman–Crippen LogP) is 0.891. The first-order valence-corrected chi connectivity index (χ1v) is 3.47. The second kappa shape index (κ2) is 4.12. The van der Waals surface area contributed by atoms with Crippen LogP contribution in [-0.4, -0.2) is 19.8 Å². The second-order valence-corrected chi connectivity index (χ2v) is 2.21. The molecular formula is C8H10NO2. The minimum atomic E-state index is -0.324. The summed E-state index contributed by atoms with van der Waals surface area (Å²) in [6, 6.07) is 2.06. The maximum absolute atomic E-state index is 8.60. The van der Waals surface area contributed by atoms with Gasteiger partial charge in [0.2, 0.25) is 0 Å². The third-order valence-corrected chi connectivity index (χ3v) is 1.48. The van der Waals surface area contributed by atoms with Crippen LogP contribution < -0.4 is 0 Å². The maximum Gasteiger partial charge on any atom is 0.143 e. The molecule has 1 atom stereocenters. The molecule has 11 heavy (non-hydrogen) atoms. The van der Waals surface area contributed by atoms with Crippen LogP contribution >= 0.6 is 0 Å². The molecule has 0 aromatic carbocycles. The van der Waals surface area contributed by atoms with Gasteiger partial charge < -0.3 is 9.47 Å². The van der Waals surface area contributed by atoms with Crippen LogP contribution in [0.15, 0.2) is 12.7 Å². The Morgan fingerprint density at radius 1 is 1.64 bits per heavy atom. The average molecular weight is 152 g/mol. The van der Waals surface area contributed by atoms with Gasteiger partial charge in [0.15, 0.2) is 0 Å². The molecule has 1 unspecified atom stereocenters. The van der Waals surface area contributed by atoms with Gasteiger partial charge in [0, 0.05) is 0 Å². The van der Waals surface area contributed by atoms with E-state index in [1.165, 1.54) is 0 Å². The number of rotatable bonds is 2. The summed E-state index contributed by atoms with van der Waals surface area (Å²) in [6.07, 6.45) is 2.23. The van der Waals surface area contributed by atoms with E-state index in [-0.39, 0.29) is 5.92 Å². The first kappa shape index (κ1) is 8.25. The van der Waals surface area contributed by atoms with Crippen molar-refractivity contribution in [3.8, 4) is 6.07 Å². The van der Waals surface area contributed by atoms with Crippen LogP contribution in [0.1, 0.15) is 0 Å². The molecule has 1 aliphatic heterocycles. The number of ether oxygens (including phenoxy) is 2. The zero-order valence-corrected chi connectivity index (χ0v) is 6.25. The van der Waals surface area contributed by atoms with Crippen molar-refractivity contribution in [3.05, 3.63) is 18.8 Å². The van der Waals surface area contributed by atoms with Gasteiger partial charge in [0.1, 0.15) is 6.10 Å². The summed E-state index contributed by atoms with van der Waals surface area (Å²) in [5, 5.41) is 8.60. The quantitative estimate of drug-likeness (QED) is 0.552. The summed E-state index contributed by atoms with van der Waals surface area (Å²) in [7, 11) is 0. The topological polar surface area (TPSA) is 42.2 Å². The summed E-state index contributed by atoms with van der Waals surface area (Å²) < 4.78 is 10.3. The Morgan fingerprint density at radius 3 is 2.91 bits per heavy atom. The van der Waals surface area contributed by atoms with Gasteiger partial charge in [0.05, 0.1) is 31.8 Å². The van der Waals surface area contributed by atoms with Crippen LogP contribution in [0.5, 0.6) is 0 Å². The van der Waals surface area contributed by atoms with Crippen LogP contribution in [0.2, 0.25) is 0 Å². The summed E-state index contributed by atoms with van der Waals surface area (Å²) in [6.45, 7) is 5.10. The highest BCUT2D eigenvalue weighted by molar-refractivity contribution is 5.09. The fourth-order valence-electron chi connectivity index (χ4n) is 0.882. The normalized spacial score (nSPS) is 22.1. The lowest BCUT2D eigenvalue weighted by Crippen LogP contribution is -2.26. The molecule has 0 amide bonds. The summed E-state index contributed by atoms with van der Waals surface area (Å²) in [5.41, 5.74) is 0. The number of hydrogen-bond donors (Lipinski definition) is 0. The number of nitriles is 1. The van der Waals surface area contributed by atoms with E-state index < -0.39 is 0 Å². The maximum atomic E-state index is 8.60. The van der Waals surface area contributed by atoms with Gasteiger partial charge in [0.25, 0.3) is 0 Å². The summed E-state index contributed by atoms with van der Waals surface area (Å²) >= 11 is 0. The molecule has 3 nitrogen and oxygen atoms in total. The summed E-state index contributed by atoms with van der Waals surface area (Å²) in [5.74, 6) is -0.324. The standard InChI is InChI=1S/C8H10NO2/c1-2-7(5-9)8-6-10-3-4-11-8/h2,7H,1,3-4,6H2. The minimum Gasteiger partial charge on any atom is -0.376 e. The van der Waals surface area contributed by atoms with Crippen molar-refractivity contribution in [2.24, 2.45) is 5.92 Å². The van der Waals surface area contributed by atoms with Crippen molar-refractivity contribution in [1.82, 2.24) is 0 Å². The molecule has 0 aromatic heterocycles. The zero-order chi connectivity index (χ0) is 8.10. The zero-order valence-electron chi connectivity index (χ0n) is 6.25. The van der Waals surface area contributed by atoms with Crippen LogP contribution in [0, 0.1) is 23.4 Å². The Hall–Kier alpha value is -0.850. The van der Waals surface area contributed by atoms with E-state index in [1.807, 2.05) is 0 Å². The highest BCUT2D eigenvalue weighted by Crippen LogP contribution is 2.19. The van der Waals surface area contributed by atoms with Gasteiger partial charge in [-0.15, -0.1) is 6.58 Å². The molecule has 0 bridgehead atoms. The van der Waals surface area contributed by atoms with Gasteiger partial charge >= 0.3 is 0 Å². The third kappa shape index (κ3) is 2.04. The van der Waals surface area contributed by atoms with E-state index in [1.54, 1.807) is 6.08 Å². The van der Waals surface area contributed by atoms with E-state index in [9.17, 15) is 0 Å². The Bertz CT molecular complexity index is 167. The van der Waals surface area contributed by atoms with Gasteiger partial charge in [-0.05, 0) is 0 Å². The lowest BCUT2D eigenvalue weighted by Gasteiger charge is -2.23. The monoisotopic (exact) mass is 152 g/mol. The van der Waals surface area contributed by atoms with Crippen molar-refractivity contribution in [2.75, 3.05) is 19.8 Å². The lowest BCUT2D eigenvalue weighted by atomic mass is 10.1. The smallest absolute Gasteiger partial charge is 0.143 e. The van der Waals surface area contributed by atoms with Gasteiger partial charge in [-0.1, -0.05) is 6.08 Å². The van der Waals surface area contributed by atoms with Gasteiger partial charge in [-0.25, -0.2) is 0 Å². The average Bonchev–Trinajstić information content (AvgIpc) is 2.09. The number of hydrogen-bond acceptors (Lipinski definition) is 3. The molecule has 1 heterocycles. The fourth-order valence-corrected chi connectivity index (χ4v) is 0.882. The van der Waals surface area contributed by atoms with Crippen LogP contribution in [0.4, 0.5) is 0 Å². The van der Waals surface area contributed by atoms with Crippen LogP contribution in [0.25, 0.3) is 0 Å². The predicted molar refractivity (Wildman–Crippen MR) is 39.3 cm³/mol.